The summed E-state index contributed by atoms with van der Waals surface area (Å²) < 4.78 is 2.30. The fourth-order valence-electron chi connectivity index (χ4n) is 2.24. The van der Waals surface area contributed by atoms with Crippen LogP contribution in [0.3, 0.4) is 0 Å². The van der Waals surface area contributed by atoms with Crippen molar-refractivity contribution in [1.29, 1.82) is 0 Å². The predicted octanol–water partition coefficient (Wildman–Crippen LogP) is 4.09. The number of rotatable bonds is 0. The van der Waals surface area contributed by atoms with E-state index in [9.17, 15) is 0 Å². The van der Waals surface area contributed by atoms with E-state index in [1.54, 1.807) is 0 Å². The molecular formula is C15H22N2. The van der Waals surface area contributed by atoms with Gasteiger partial charge in [-0.05, 0) is 37.8 Å². The van der Waals surface area contributed by atoms with E-state index >= 15 is 0 Å². The number of nitrogens with zero attached hydrogens (tertiary/aromatic N) is 2. The van der Waals surface area contributed by atoms with Crippen LogP contribution < -0.4 is 0 Å². The minimum Gasteiger partial charge on any atom is -0.341 e. The highest BCUT2D eigenvalue weighted by Gasteiger charge is 2.21. The van der Waals surface area contributed by atoms with Crippen LogP contribution >= 0.6 is 0 Å². The first-order valence-corrected chi connectivity index (χ1v) is 6.17. The Morgan fingerprint density at radius 1 is 1.00 bits per heavy atom. The Morgan fingerprint density at radius 3 is 2.18 bits per heavy atom. The van der Waals surface area contributed by atoms with Crippen molar-refractivity contribution in [2.75, 3.05) is 0 Å². The molecule has 0 aliphatic heterocycles. The molecule has 0 spiro atoms. The second-order valence-electron chi connectivity index (χ2n) is 6.73. The van der Waals surface area contributed by atoms with Gasteiger partial charge >= 0.3 is 0 Å². The second-order valence-corrected chi connectivity index (χ2v) is 6.73. The Labute approximate surface area is 104 Å². The topological polar surface area (TPSA) is 17.8 Å². The number of hydrogen-bond acceptors (Lipinski definition) is 1. The molecule has 0 amide bonds. The summed E-state index contributed by atoms with van der Waals surface area (Å²) >= 11 is 0. The summed E-state index contributed by atoms with van der Waals surface area (Å²) in [7, 11) is 0. The molecule has 2 rings (SSSR count). The van der Waals surface area contributed by atoms with Crippen LogP contribution in [-0.4, -0.2) is 9.55 Å². The van der Waals surface area contributed by atoms with E-state index in [1.807, 2.05) is 12.4 Å². The van der Waals surface area contributed by atoms with Crippen LogP contribution in [0.4, 0.5) is 0 Å². The highest BCUT2D eigenvalue weighted by Crippen LogP contribution is 2.31. The first kappa shape index (κ1) is 12.2. The largest absolute Gasteiger partial charge is 0.341 e. The Bertz CT molecular complexity index is 536. The van der Waals surface area contributed by atoms with Crippen molar-refractivity contribution >= 4 is 10.9 Å². The molecule has 0 radical (unpaired) electrons. The average molecular weight is 230 g/mol. The first-order valence-electron chi connectivity index (χ1n) is 6.17. The average Bonchev–Trinajstić information content (AvgIpc) is 2.57. The Hall–Kier alpha value is -1.31. The lowest BCUT2D eigenvalue weighted by Gasteiger charge is -2.24. The van der Waals surface area contributed by atoms with Crippen molar-refractivity contribution in [3.63, 3.8) is 0 Å². The Morgan fingerprint density at radius 2 is 1.65 bits per heavy atom. The zero-order valence-corrected chi connectivity index (χ0v) is 11.7. The number of fused-ring (bicyclic) bond motifs is 1. The lowest BCUT2D eigenvalue weighted by Crippen LogP contribution is -2.20. The van der Waals surface area contributed by atoms with Gasteiger partial charge in [-0.2, -0.15) is 0 Å². The van der Waals surface area contributed by atoms with Crippen LogP contribution in [-0.2, 0) is 11.0 Å². The smallest absolute Gasteiger partial charge is 0.0674 e. The summed E-state index contributed by atoms with van der Waals surface area (Å²) in [6.45, 7) is 13.4. The van der Waals surface area contributed by atoms with E-state index in [1.165, 1.54) is 16.5 Å². The van der Waals surface area contributed by atoms with Gasteiger partial charge in [-0.1, -0.05) is 20.8 Å². The fourth-order valence-corrected chi connectivity index (χ4v) is 2.24. The molecule has 2 aromatic heterocycles. The van der Waals surface area contributed by atoms with Crippen LogP contribution in [0.25, 0.3) is 10.9 Å². The van der Waals surface area contributed by atoms with Gasteiger partial charge < -0.3 is 4.57 Å². The van der Waals surface area contributed by atoms with Gasteiger partial charge in [-0.15, -0.1) is 0 Å². The van der Waals surface area contributed by atoms with E-state index in [2.05, 4.69) is 63.4 Å². The molecule has 0 saturated carbocycles. The molecule has 2 aromatic rings. The van der Waals surface area contributed by atoms with Crippen molar-refractivity contribution in [2.24, 2.45) is 0 Å². The standard InChI is InChI=1S/C15H22N2/c1-14(2,3)12-9-16-10-13-11(12)7-8-17(13)15(4,5)6/h7-10H,1-6H3. The van der Waals surface area contributed by atoms with Gasteiger partial charge in [0.2, 0.25) is 0 Å². The zero-order valence-electron chi connectivity index (χ0n) is 11.7. The minimum absolute atomic E-state index is 0.0972. The van der Waals surface area contributed by atoms with Crippen LogP contribution in [0, 0.1) is 0 Å². The van der Waals surface area contributed by atoms with E-state index in [0.29, 0.717) is 0 Å². The maximum Gasteiger partial charge on any atom is 0.0674 e. The molecule has 17 heavy (non-hydrogen) atoms. The Kier molecular flexibility index (Phi) is 2.57. The van der Waals surface area contributed by atoms with Gasteiger partial charge in [0.1, 0.15) is 0 Å². The third-order valence-corrected chi connectivity index (χ3v) is 3.15. The molecule has 2 nitrogen and oxygen atoms in total. The molecule has 0 N–H and O–H groups in total. The van der Waals surface area contributed by atoms with E-state index in [0.717, 1.165) is 0 Å². The zero-order chi connectivity index (χ0) is 12.8. The van der Waals surface area contributed by atoms with Gasteiger partial charge in [0.25, 0.3) is 0 Å². The highest BCUT2D eigenvalue weighted by molar-refractivity contribution is 5.83. The lowest BCUT2D eigenvalue weighted by atomic mass is 9.86. The maximum absolute atomic E-state index is 4.40. The van der Waals surface area contributed by atoms with Crippen molar-refractivity contribution < 1.29 is 0 Å². The van der Waals surface area contributed by atoms with Gasteiger partial charge in [-0.3, -0.25) is 4.98 Å². The summed E-state index contributed by atoms with van der Waals surface area (Å²) in [6.07, 6.45) is 6.13. The monoisotopic (exact) mass is 230 g/mol. The molecule has 0 aliphatic carbocycles. The maximum atomic E-state index is 4.40. The number of hydrogen-bond donors (Lipinski definition) is 0. The SMILES string of the molecule is CC(C)(C)c1cncc2c1ccn2C(C)(C)C. The van der Waals surface area contributed by atoms with E-state index in [-0.39, 0.29) is 11.0 Å². The molecule has 2 heteroatoms. The third kappa shape index (κ3) is 2.08. The molecule has 0 unspecified atom stereocenters. The molecule has 0 atom stereocenters. The van der Waals surface area contributed by atoms with Crippen LogP contribution in [0.15, 0.2) is 24.7 Å². The van der Waals surface area contributed by atoms with Gasteiger partial charge in [0, 0.05) is 23.3 Å². The van der Waals surface area contributed by atoms with E-state index < -0.39 is 0 Å². The van der Waals surface area contributed by atoms with Crippen LogP contribution in [0.5, 0.6) is 0 Å². The molecule has 0 saturated heterocycles. The fraction of sp³-hybridized carbons (Fsp3) is 0.533. The minimum atomic E-state index is 0.0972. The first-order chi connectivity index (χ1) is 7.71. The number of aromatic nitrogens is 2. The molecule has 0 aliphatic rings. The summed E-state index contributed by atoms with van der Waals surface area (Å²) in [6, 6.07) is 2.21. The van der Waals surface area contributed by atoms with E-state index in [4.69, 9.17) is 0 Å². The summed E-state index contributed by atoms with van der Waals surface area (Å²) in [5.74, 6) is 0. The summed E-state index contributed by atoms with van der Waals surface area (Å²) in [5, 5.41) is 1.32. The molecule has 2 heterocycles. The molecular weight excluding hydrogens is 208 g/mol. The predicted molar refractivity (Wildman–Crippen MR) is 73.4 cm³/mol. The van der Waals surface area contributed by atoms with Gasteiger partial charge in [-0.25, -0.2) is 0 Å². The van der Waals surface area contributed by atoms with Crippen molar-refractivity contribution in [1.82, 2.24) is 9.55 Å². The third-order valence-electron chi connectivity index (χ3n) is 3.15. The van der Waals surface area contributed by atoms with Crippen molar-refractivity contribution in [3.05, 3.63) is 30.2 Å². The molecule has 0 bridgehead atoms. The van der Waals surface area contributed by atoms with Crippen LogP contribution in [0.1, 0.15) is 47.1 Å². The van der Waals surface area contributed by atoms with Crippen molar-refractivity contribution in [3.8, 4) is 0 Å². The lowest BCUT2D eigenvalue weighted by molar-refractivity contribution is 0.410. The molecule has 0 aromatic carbocycles. The second kappa shape index (κ2) is 3.59. The van der Waals surface area contributed by atoms with Crippen molar-refractivity contribution in [2.45, 2.75) is 52.5 Å². The molecule has 0 fully saturated rings. The van der Waals surface area contributed by atoms with Crippen LogP contribution in [0.2, 0.25) is 0 Å². The normalized spacial score (nSPS) is 13.3. The van der Waals surface area contributed by atoms with Gasteiger partial charge in [0.05, 0.1) is 11.7 Å². The molecule has 92 valence electrons. The highest BCUT2D eigenvalue weighted by atomic mass is 15.0. The Balaban J connectivity index is 2.74. The quantitative estimate of drug-likeness (QED) is 0.666. The number of pyridine rings is 1. The summed E-state index contributed by atoms with van der Waals surface area (Å²) in [4.78, 5) is 4.40. The van der Waals surface area contributed by atoms with Gasteiger partial charge in [0.15, 0.2) is 0 Å². The summed E-state index contributed by atoms with van der Waals surface area (Å²) in [5.41, 5.74) is 2.78.